The number of aromatic nitrogens is 1. The standard InChI is InChI=1S/C14H17NO2/c1-3-16-14(17-4-2)13-10-9-11-7-5-6-8-12(11)15-13/h5-10,14H,3-4H2,1-2H3. The molecule has 1 aromatic carbocycles. The lowest BCUT2D eigenvalue weighted by molar-refractivity contribution is -0.142. The zero-order valence-electron chi connectivity index (χ0n) is 10.2. The molecule has 2 rings (SSSR count). The summed E-state index contributed by atoms with van der Waals surface area (Å²) in [5.74, 6) is 0. The number of rotatable bonds is 5. The number of ether oxygens (including phenoxy) is 2. The Kier molecular flexibility index (Phi) is 4.07. The van der Waals surface area contributed by atoms with Gasteiger partial charge in [0.15, 0.2) is 0 Å². The Labute approximate surface area is 101 Å². The molecule has 0 saturated carbocycles. The van der Waals surface area contributed by atoms with Crippen LogP contribution in [0.25, 0.3) is 10.9 Å². The minimum absolute atomic E-state index is 0.366. The number of para-hydroxylation sites is 1. The normalized spacial score (nSPS) is 11.2. The quantitative estimate of drug-likeness (QED) is 0.740. The molecule has 0 bridgehead atoms. The highest BCUT2D eigenvalue weighted by atomic mass is 16.7. The molecule has 1 aromatic heterocycles. The van der Waals surface area contributed by atoms with E-state index >= 15 is 0 Å². The van der Waals surface area contributed by atoms with Crippen LogP contribution in [-0.4, -0.2) is 18.2 Å². The van der Waals surface area contributed by atoms with E-state index in [9.17, 15) is 0 Å². The van der Waals surface area contributed by atoms with E-state index < -0.39 is 0 Å². The van der Waals surface area contributed by atoms with Crippen LogP contribution in [0.2, 0.25) is 0 Å². The number of pyridine rings is 1. The molecule has 2 aromatic rings. The van der Waals surface area contributed by atoms with Crippen molar-refractivity contribution in [2.45, 2.75) is 20.1 Å². The Balaban J connectivity index is 2.32. The Hall–Kier alpha value is -1.45. The van der Waals surface area contributed by atoms with Gasteiger partial charge in [-0.25, -0.2) is 4.98 Å². The first-order valence-electron chi connectivity index (χ1n) is 5.94. The number of benzene rings is 1. The summed E-state index contributed by atoms with van der Waals surface area (Å²) in [5, 5.41) is 1.13. The molecule has 3 heteroatoms. The topological polar surface area (TPSA) is 31.4 Å². The first-order valence-corrected chi connectivity index (χ1v) is 5.94. The maximum Gasteiger partial charge on any atom is 0.201 e. The Morgan fingerprint density at radius 1 is 1.00 bits per heavy atom. The summed E-state index contributed by atoms with van der Waals surface area (Å²) in [5.41, 5.74) is 1.79. The van der Waals surface area contributed by atoms with E-state index in [0.717, 1.165) is 16.6 Å². The molecule has 0 spiro atoms. The molecule has 0 N–H and O–H groups in total. The lowest BCUT2D eigenvalue weighted by atomic mass is 10.2. The lowest BCUT2D eigenvalue weighted by Gasteiger charge is -2.16. The number of hydrogen-bond acceptors (Lipinski definition) is 3. The number of nitrogens with zero attached hydrogens (tertiary/aromatic N) is 1. The predicted octanol–water partition coefficient (Wildman–Crippen LogP) is 3.31. The Morgan fingerprint density at radius 3 is 2.41 bits per heavy atom. The monoisotopic (exact) mass is 231 g/mol. The van der Waals surface area contributed by atoms with Gasteiger partial charge in [-0.15, -0.1) is 0 Å². The van der Waals surface area contributed by atoms with Gasteiger partial charge in [-0.3, -0.25) is 0 Å². The number of fused-ring (bicyclic) bond motifs is 1. The van der Waals surface area contributed by atoms with Crippen molar-refractivity contribution >= 4 is 10.9 Å². The van der Waals surface area contributed by atoms with Crippen LogP contribution in [0, 0.1) is 0 Å². The SMILES string of the molecule is CCOC(OCC)c1ccc2ccccc2n1. The summed E-state index contributed by atoms with van der Waals surface area (Å²) in [6.45, 7) is 5.12. The molecule has 0 atom stereocenters. The largest absolute Gasteiger partial charge is 0.347 e. The fourth-order valence-electron chi connectivity index (χ4n) is 1.73. The third-order valence-corrected chi connectivity index (χ3v) is 2.50. The zero-order chi connectivity index (χ0) is 12.1. The van der Waals surface area contributed by atoms with E-state index in [4.69, 9.17) is 9.47 Å². The summed E-state index contributed by atoms with van der Waals surface area (Å²) in [6, 6.07) is 12.0. The van der Waals surface area contributed by atoms with E-state index in [1.54, 1.807) is 0 Å². The van der Waals surface area contributed by atoms with Gasteiger partial charge in [0.05, 0.1) is 11.2 Å². The molecular formula is C14H17NO2. The van der Waals surface area contributed by atoms with Crippen LogP contribution in [0.15, 0.2) is 36.4 Å². The molecular weight excluding hydrogens is 214 g/mol. The summed E-state index contributed by atoms with van der Waals surface area (Å²) >= 11 is 0. The molecule has 0 radical (unpaired) electrons. The van der Waals surface area contributed by atoms with Gasteiger partial charge < -0.3 is 9.47 Å². The highest BCUT2D eigenvalue weighted by Crippen LogP contribution is 2.20. The number of hydrogen-bond donors (Lipinski definition) is 0. The molecule has 17 heavy (non-hydrogen) atoms. The molecule has 3 nitrogen and oxygen atoms in total. The third kappa shape index (κ3) is 2.81. The molecule has 1 heterocycles. The molecule has 0 saturated heterocycles. The maximum absolute atomic E-state index is 5.53. The highest BCUT2D eigenvalue weighted by molar-refractivity contribution is 5.78. The van der Waals surface area contributed by atoms with Gasteiger partial charge in [0.2, 0.25) is 6.29 Å². The second-order valence-electron chi connectivity index (χ2n) is 3.67. The van der Waals surface area contributed by atoms with Gasteiger partial charge in [0, 0.05) is 18.6 Å². The van der Waals surface area contributed by atoms with Gasteiger partial charge in [-0.05, 0) is 26.0 Å². The van der Waals surface area contributed by atoms with Gasteiger partial charge in [-0.2, -0.15) is 0 Å². The fourth-order valence-corrected chi connectivity index (χ4v) is 1.73. The van der Waals surface area contributed by atoms with E-state index in [1.165, 1.54) is 0 Å². The van der Waals surface area contributed by atoms with Crippen LogP contribution in [0.1, 0.15) is 25.8 Å². The van der Waals surface area contributed by atoms with Crippen molar-refractivity contribution in [2.24, 2.45) is 0 Å². The van der Waals surface area contributed by atoms with Crippen molar-refractivity contribution in [3.05, 3.63) is 42.1 Å². The fraction of sp³-hybridized carbons (Fsp3) is 0.357. The highest BCUT2D eigenvalue weighted by Gasteiger charge is 2.12. The van der Waals surface area contributed by atoms with Crippen LogP contribution in [0.5, 0.6) is 0 Å². The molecule has 0 fully saturated rings. The van der Waals surface area contributed by atoms with Crippen LogP contribution < -0.4 is 0 Å². The van der Waals surface area contributed by atoms with E-state index in [2.05, 4.69) is 4.98 Å². The first-order chi connectivity index (χ1) is 8.35. The summed E-state index contributed by atoms with van der Waals surface area (Å²) in [7, 11) is 0. The zero-order valence-corrected chi connectivity index (χ0v) is 10.2. The molecule has 90 valence electrons. The summed E-state index contributed by atoms with van der Waals surface area (Å²) in [4.78, 5) is 4.56. The van der Waals surface area contributed by atoms with E-state index in [-0.39, 0.29) is 6.29 Å². The summed E-state index contributed by atoms with van der Waals surface area (Å²) in [6.07, 6.45) is -0.366. The van der Waals surface area contributed by atoms with Crippen molar-refractivity contribution in [2.75, 3.05) is 13.2 Å². The van der Waals surface area contributed by atoms with E-state index in [0.29, 0.717) is 13.2 Å². The van der Waals surface area contributed by atoms with Crippen molar-refractivity contribution in [3.8, 4) is 0 Å². The first kappa shape index (κ1) is 12.0. The predicted molar refractivity (Wildman–Crippen MR) is 67.7 cm³/mol. The van der Waals surface area contributed by atoms with Crippen molar-refractivity contribution in [1.29, 1.82) is 0 Å². The molecule has 0 unspecified atom stereocenters. The molecule has 0 amide bonds. The molecule has 0 aliphatic heterocycles. The summed E-state index contributed by atoms with van der Waals surface area (Å²) < 4.78 is 11.1. The van der Waals surface area contributed by atoms with Crippen LogP contribution >= 0.6 is 0 Å². The smallest absolute Gasteiger partial charge is 0.201 e. The van der Waals surface area contributed by atoms with Crippen LogP contribution in [0.3, 0.4) is 0 Å². The molecule has 0 aliphatic rings. The molecule has 0 aliphatic carbocycles. The second-order valence-corrected chi connectivity index (χ2v) is 3.67. The van der Waals surface area contributed by atoms with Crippen molar-refractivity contribution in [3.63, 3.8) is 0 Å². The van der Waals surface area contributed by atoms with E-state index in [1.807, 2.05) is 50.2 Å². The average molecular weight is 231 g/mol. The van der Waals surface area contributed by atoms with Gasteiger partial charge in [0.1, 0.15) is 0 Å². The average Bonchev–Trinajstić information content (AvgIpc) is 2.38. The van der Waals surface area contributed by atoms with Crippen molar-refractivity contribution < 1.29 is 9.47 Å². The Morgan fingerprint density at radius 2 is 1.71 bits per heavy atom. The lowest BCUT2D eigenvalue weighted by Crippen LogP contribution is -2.10. The minimum atomic E-state index is -0.366. The van der Waals surface area contributed by atoms with Crippen molar-refractivity contribution in [1.82, 2.24) is 4.98 Å². The van der Waals surface area contributed by atoms with Crippen LogP contribution in [0.4, 0.5) is 0 Å². The van der Waals surface area contributed by atoms with Gasteiger partial charge in [-0.1, -0.05) is 24.3 Å². The third-order valence-electron chi connectivity index (χ3n) is 2.50. The van der Waals surface area contributed by atoms with Crippen LogP contribution in [-0.2, 0) is 9.47 Å². The van der Waals surface area contributed by atoms with Gasteiger partial charge >= 0.3 is 0 Å². The second kappa shape index (κ2) is 5.75. The Bertz CT molecular complexity index is 478. The maximum atomic E-state index is 5.53. The minimum Gasteiger partial charge on any atom is -0.347 e. The van der Waals surface area contributed by atoms with Gasteiger partial charge in [0.25, 0.3) is 0 Å².